The molecule has 118 valence electrons. The molecule has 0 saturated heterocycles. The number of hydrogen-bond acceptors (Lipinski definition) is 3. The van der Waals surface area contributed by atoms with Crippen LogP contribution in [0.2, 0.25) is 0 Å². The van der Waals surface area contributed by atoms with E-state index in [-0.39, 0.29) is 5.69 Å². The van der Waals surface area contributed by atoms with E-state index < -0.39 is 23.2 Å². The van der Waals surface area contributed by atoms with Crippen LogP contribution in [-0.4, -0.2) is 17.4 Å². The molecule has 1 aliphatic rings. The number of aryl methyl sites for hydroxylation is 1. The van der Waals surface area contributed by atoms with Gasteiger partial charge in [-0.05, 0) is 43.7 Å². The second-order valence-electron chi connectivity index (χ2n) is 5.50. The van der Waals surface area contributed by atoms with E-state index in [0.717, 1.165) is 0 Å². The van der Waals surface area contributed by atoms with E-state index in [1.807, 2.05) is 0 Å². The molecule has 3 rings (SSSR count). The number of anilines is 2. The van der Waals surface area contributed by atoms with E-state index in [4.69, 9.17) is 4.74 Å². The van der Waals surface area contributed by atoms with E-state index in [1.165, 1.54) is 13.0 Å². The van der Waals surface area contributed by atoms with Gasteiger partial charge < -0.3 is 15.4 Å². The Balaban J connectivity index is 1.86. The van der Waals surface area contributed by atoms with Gasteiger partial charge >= 0.3 is 0 Å². The number of hydrogen-bond donors (Lipinski definition) is 2. The maximum absolute atomic E-state index is 13.6. The third-order valence-electron chi connectivity index (χ3n) is 3.75. The number of rotatable bonds is 2. The monoisotopic (exact) mass is 314 g/mol. The van der Waals surface area contributed by atoms with E-state index >= 15 is 0 Å². The van der Waals surface area contributed by atoms with Crippen LogP contribution in [0.25, 0.3) is 0 Å². The Kier molecular flexibility index (Phi) is 3.52. The summed E-state index contributed by atoms with van der Waals surface area (Å²) in [5.41, 5.74) is -0.510. The van der Waals surface area contributed by atoms with Crippen LogP contribution in [0.1, 0.15) is 12.5 Å². The molecule has 1 atom stereocenters. The van der Waals surface area contributed by atoms with Gasteiger partial charge in [-0.15, -0.1) is 0 Å². The van der Waals surface area contributed by atoms with Gasteiger partial charge in [-0.1, -0.05) is 18.2 Å². The molecule has 23 heavy (non-hydrogen) atoms. The van der Waals surface area contributed by atoms with Crippen molar-refractivity contribution in [3.8, 4) is 5.75 Å². The largest absolute Gasteiger partial charge is 0.466 e. The number of carbonyl (C=O) groups is 2. The Bertz CT molecular complexity index is 806. The Morgan fingerprint density at radius 1 is 1.26 bits per heavy atom. The van der Waals surface area contributed by atoms with Gasteiger partial charge in [0, 0.05) is 5.69 Å². The maximum atomic E-state index is 13.6. The molecule has 0 aromatic heterocycles. The highest BCUT2D eigenvalue weighted by molar-refractivity contribution is 6.18. The number of fused-ring (bicyclic) bond motifs is 1. The average Bonchev–Trinajstić information content (AvgIpc) is 2.52. The Hall–Kier alpha value is -2.89. The lowest BCUT2D eigenvalue weighted by Gasteiger charge is -2.33. The van der Waals surface area contributed by atoms with Crippen molar-refractivity contribution in [2.75, 3.05) is 10.6 Å². The molecule has 0 aliphatic carbocycles. The summed E-state index contributed by atoms with van der Waals surface area (Å²) < 4.78 is 19.2. The smallest absolute Gasteiger partial charge is 0.278 e. The van der Waals surface area contributed by atoms with E-state index in [2.05, 4.69) is 10.6 Å². The first-order chi connectivity index (χ1) is 10.9. The number of halogens is 1. The van der Waals surface area contributed by atoms with Crippen molar-refractivity contribution in [1.82, 2.24) is 0 Å². The highest BCUT2D eigenvalue weighted by Gasteiger charge is 2.47. The lowest BCUT2D eigenvalue weighted by molar-refractivity contribution is -0.143. The number of para-hydroxylation sites is 2. The van der Waals surface area contributed by atoms with Crippen LogP contribution < -0.4 is 15.4 Å². The highest BCUT2D eigenvalue weighted by Crippen LogP contribution is 2.33. The van der Waals surface area contributed by atoms with Gasteiger partial charge in [0.25, 0.3) is 17.4 Å². The predicted molar refractivity (Wildman–Crippen MR) is 83.9 cm³/mol. The number of carbonyl (C=O) groups excluding carboxylic acids is 2. The quantitative estimate of drug-likeness (QED) is 0.838. The number of amides is 2. The summed E-state index contributed by atoms with van der Waals surface area (Å²) in [6, 6.07) is 11.1. The zero-order chi connectivity index (χ0) is 16.6. The molecule has 2 amide bonds. The van der Waals surface area contributed by atoms with Crippen molar-refractivity contribution < 1.29 is 18.7 Å². The molecule has 0 spiro atoms. The second-order valence-corrected chi connectivity index (χ2v) is 5.50. The number of nitrogens with one attached hydrogen (secondary N) is 2. The molecule has 2 N–H and O–H groups in total. The van der Waals surface area contributed by atoms with Gasteiger partial charge in [-0.3, -0.25) is 9.59 Å². The van der Waals surface area contributed by atoms with Crippen molar-refractivity contribution in [2.45, 2.75) is 19.4 Å². The third kappa shape index (κ3) is 2.63. The van der Waals surface area contributed by atoms with Crippen LogP contribution in [0.4, 0.5) is 15.8 Å². The first kappa shape index (κ1) is 15.0. The minimum absolute atomic E-state index is 0.259. The summed E-state index contributed by atoms with van der Waals surface area (Å²) in [6.45, 7) is 3.00. The predicted octanol–water partition coefficient (Wildman–Crippen LogP) is 2.86. The zero-order valence-electron chi connectivity index (χ0n) is 12.6. The molecule has 1 unspecified atom stereocenters. The minimum atomic E-state index is -1.74. The molecule has 0 saturated carbocycles. The summed E-state index contributed by atoms with van der Waals surface area (Å²) in [6.07, 6.45) is 0. The molecule has 5 nitrogen and oxygen atoms in total. The molecular formula is C17H15FN2O3. The van der Waals surface area contributed by atoms with Crippen molar-refractivity contribution in [3.05, 3.63) is 53.8 Å². The van der Waals surface area contributed by atoms with Gasteiger partial charge in [-0.25, -0.2) is 4.39 Å². The summed E-state index contributed by atoms with van der Waals surface area (Å²) in [7, 11) is 0. The molecule has 2 aromatic rings. The molecule has 1 heterocycles. The number of benzene rings is 2. The minimum Gasteiger partial charge on any atom is -0.466 e. The van der Waals surface area contributed by atoms with Crippen molar-refractivity contribution in [1.29, 1.82) is 0 Å². The van der Waals surface area contributed by atoms with E-state index in [0.29, 0.717) is 17.0 Å². The van der Waals surface area contributed by atoms with Gasteiger partial charge in [0.05, 0.1) is 5.69 Å². The molecule has 0 bridgehead atoms. The average molecular weight is 314 g/mol. The fourth-order valence-corrected chi connectivity index (χ4v) is 2.24. The summed E-state index contributed by atoms with van der Waals surface area (Å²) in [5, 5.41) is 5.16. The van der Waals surface area contributed by atoms with Crippen LogP contribution in [0, 0.1) is 12.7 Å². The SMILES string of the molecule is Cc1ccc(NC(=O)C2(C)Oc3ccccc3NC2=O)cc1F. The standard InChI is InChI=1S/C17H15FN2O3/c1-10-7-8-11(9-12(10)18)19-15(21)17(2)16(22)20-13-5-3-4-6-14(13)23-17/h3-9H,1-2H3,(H,19,21)(H,20,22). The summed E-state index contributed by atoms with van der Waals surface area (Å²) >= 11 is 0. The van der Waals surface area contributed by atoms with Crippen molar-refractivity contribution in [3.63, 3.8) is 0 Å². The van der Waals surface area contributed by atoms with Crippen LogP contribution in [0.3, 0.4) is 0 Å². The maximum Gasteiger partial charge on any atom is 0.278 e. The van der Waals surface area contributed by atoms with Gasteiger partial charge in [0.1, 0.15) is 11.6 Å². The fraction of sp³-hybridized carbons (Fsp3) is 0.176. The van der Waals surface area contributed by atoms with Crippen LogP contribution >= 0.6 is 0 Å². The lowest BCUT2D eigenvalue weighted by Crippen LogP contribution is -2.56. The highest BCUT2D eigenvalue weighted by atomic mass is 19.1. The van der Waals surface area contributed by atoms with Crippen LogP contribution in [0.5, 0.6) is 5.75 Å². The molecule has 0 radical (unpaired) electrons. The van der Waals surface area contributed by atoms with E-state index in [9.17, 15) is 14.0 Å². The molecule has 6 heteroatoms. The molecule has 1 aliphatic heterocycles. The molecular weight excluding hydrogens is 299 g/mol. The summed E-state index contributed by atoms with van der Waals surface area (Å²) in [4.78, 5) is 24.7. The second kappa shape index (κ2) is 5.39. The summed E-state index contributed by atoms with van der Waals surface area (Å²) in [5.74, 6) is -1.29. The Labute approximate surface area is 132 Å². The van der Waals surface area contributed by atoms with E-state index in [1.54, 1.807) is 43.3 Å². The zero-order valence-corrected chi connectivity index (χ0v) is 12.6. The van der Waals surface area contributed by atoms with Crippen molar-refractivity contribution >= 4 is 23.2 Å². The molecule has 2 aromatic carbocycles. The Morgan fingerprint density at radius 2 is 2.00 bits per heavy atom. The third-order valence-corrected chi connectivity index (χ3v) is 3.75. The number of ether oxygens (including phenoxy) is 1. The topological polar surface area (TPSA) is 67.4 Å². The van der Waals surface area contributed by atoms with Gasteiger partial charge in [-0.2, -0.15) is 0 Å². The van der Waals surface area contributed by atoms with Gasteiger partial charge in [0.2, 0.25) is 0 Å². The van der Waals surface area contributed by atoms with Gasteiger partial charge in [0.15, 0.2) is 0 Å². The Morgan fingerprint density at radius 3 is 2.74 bits per heavy atom. The molecule has 0 fully saturated rings. The van der Waals surface area contributed by atoms with Crippen LogP contribution in [0.15, 0.2) is 42.5 Å². The normalized spacial score (nSPS) is 19.3. The van der Waals surface area contributed by atoms with Crippen molar-refractivity contribution in [2.24, 2.45) is 0 Å². The fourth-order valence-electron chi connectivity index (χ4n) is 2.24. The van der Waals surface area contributed by atoms with Crippen LogP contribution in [-0.2, 0) is 9.59 Å². The first-order valence-corrected chi connectivity index (χ1v) is 7.07. The first-order valence-electron chi connectivity index (χ1n) is 7.07. The lowest BCUT2D eigenvalue weighted by atomic mass is 10.0.